The second-order valence-electron chi connectivity index (χ2n) is 9.53. The molecule has 0 unspecified atom stereocenters. The third-order valence-electron chi connectivity index (χ3n) is 7.52. The molecule has 0 atom stereocenters. The molecule has 0 spiro atoms. The molecule has 2 aliphatic rings. The van der Waals surface area contributed by atoms with Crippen molar-refractivity contribution in [2.45, 2.75) is 24.9 Å². The van der Waals surface area contributed by atoms with Gasteiger partial charge >= 0.3 is 0 Å². The maximum atomic E-state index is 7.08. The van der Waals surface area contributed by atoms with Gasteiger partial charge in [0, 0.05) is 46.9 Å². The molecular weight excluding hydrogens is 446 g/mol. The Kier molecular flexibility index (Phi) is 5.80. The Morgan fingerprint density at radius 1 is 0.722 bits per heavy atom. The Balaban J connectivity index is 1.53. The molecule has 1 saturated heterocycles. The average Bonchev–Trinajstić information content (AvgIpc) is 2.97. The monoisotopic (exact) mass is 477 g/mol. The van der Waals surface area contributed by atoms with Crippen LogP contribution >= 0.6 is 0 Å². The minimum Gasteiger partial charge on any atom is -0.497 e. The summed E-state index contributed by atoms with van der Waals surface area (Å²) in [7, 11) is 3.38. The third kappa shape index (κ3) is 3.78. The summed E-state index contributed by atoms with van der Waals surface area (Å²) in [5.41, 5.74) is 3.71. The number of rotatable bonds is 5. The fourth-order valence-electron chi connectivity index (χ4n) is 5.57. The van der Waals surface area contributed by atoms with Crippen molar-refractivity contribution in [2.75, 3.05) is 32.2 Å². The SMILES string of the molecule is COc1ccc(C2(c3ccc(OC)cc3)C=Cc3c(cc(N4CCCCC4)c4ccccc34)O2)cc1. The largest absolute Gasteiger partial charge is 0.497 e. The van der Waals surface area contributed by atoms with Crippen molar-refractivity contribution in [1.82, 2.24) is 0 Å². The summed E-state index contributed by atoms with van der Waals surface area (Å²) in [6, 6.07) is 27.3. The van der Waals surface area contributed by atoms with Gasteiger partial charge < -0.3 is 19.1 Å². The van der Waals surface area contributed by atoms with E-state index in [1.165, 1.54) is 35.7 Å². The number of hydrogen-bond donors (Lipinski definition) is 0. The van der Waals surface area contributed by atoms with E-state index in [2.05, 4.69) is 71.6 Å². The zero-order chi connectivity index (χ0) is 24.5. The van der Waals surface area contributed by atoms with Gasteiger partial charge in [-0.25, -0.2) is 0 Å². The van der Waals surface area contributed by atoms with Crippen molar-refractivity contribution in [3.05, 3.63) is 102 Å². The van der Waals surface area contributed by atoms with Crippen LogP contribution in [0.3, 0.4) is 0 Å². The van der Waals surface area contributed by atoms with E-state index in [-0.39, 0.29) is 0 Å². The maximum absolute atomic E-state index is 7.08. The number of anilines is 1. The lowest BCUT2D eigenvalue weighted by molar-refractivity contribution is 0.161. The first-order chi connectivity index (χ1) is 17.7. The Morgan fingerprint density at radius 2 is 1.31 bits per heavy atom. The summed E-state index contributed by atoms with van der Waals surface area (Å²) in [6.07, 6.45) is 8.18. The Labute approximate surface area is 212 Å². The van der Waals surface area contributed by atoms with Crippen molar-refractivity contribution in [3.8, 4) is 17.2 Å². The summed E-state index contributed by atoms with van der Waals surface area (Å²) in [5.74, 6) is 2.55. The minimum absolute atomic E-state index is 0.771. The first kappa shape index (κ1) is 22.5. The van der Waals surface area contributed by atoms with Crippen molar-refractivity contribution >= 4 is 22.5 Å². The van der Waals surface area contributed by atoms with Crippen LogP contribution in [-0.4, -0.2) is 27.3 Å². The molecule has 2 heterocycles. The molecule has 0 radical (unpaired) electrons. The number of methoxy groups -OCH3 is 2. The summed E-state index contributed by atoms with van der Waals surface area (Å²) in [4.78, 5) is 2.52. The van der Waals surface area contributed by atoms with Gasteiger partial charge in [0.25, 0.3) is 0 Å². The van der Waals surface area contributed by atoms with Crippen molar-refractivity contribution in [3.63, 3.8) is 0 Å². The van der Waals surface area contributed by atoms with Crippen LogP contribution < -0.4 is 19.1 Å². The predicted molar refractivity (Wildman–Crippen MR) is 146 cm³/mol. The Hall–Kier alpha value is -3.92. The summed E-state index contributed by atoms with van der Waals surface area (Å²) >= 11 is 0. The van der Waals surface area contributed by atoms with Gasteiger partial charge in [-0.1, -0.05) is 48.5 Å². The average molecular weight is 478 g/mol. The second kappa shape index (κ2) is 9.27. The fraction of sp³-hybridized carbons (Fsp3) is 0.250. The van der Waals surface area contributed by atoms with Gasteiger partial charge in [-0.2, -0.15) is 0 Å². The fourth-order valence-corrected chi connectivity index (χ4v) is 5.57. The normalized spacial score (nSPS) is 16.3. The molecule has 6 rings (SSSR count). The molecule has 1 fully saturated rings. The highest BCUT2D eigenvalue weighted by Crippen LogP contribution is 2.47. The Morgan fingerprint density at radius 3 is 1.89 bits per heavy atom. The van der Waals surface area contributed by atoms with Gasteiger partial charge in [-0.15, -0.1) is 0 Å². The first-order valence-corrected chi connectivity index (χ1v) is 12.7. The zero-order valence-electron chi connectivity index (χ0n) is 20.9. The van der Waals surface area contributed by atoms with Crippen LogP contribution in [0.25, 0.3) is 16.8 Å². The van der Waals surface area contributed by atoms with E-state index in [4.69, 9.17) is 14.2 Å². The van der Waals surface area contributed by atoms with E-state index >= 15 is 0 Å². The van der Waals surface area contributed by atoms with Gasteiger partial charge in [0.2, 0.25) is 0 Å². The molecule has 182 valence electrons. The van der Waals surface area contributed by atoms with Crippen LogP contribution in [0.2, 0.25) is 0 Å². The van der Waals surface area contributed by atoms with Gasteiger partial charge in [0.05, 0.1) is 14.2 Å². The van der Waals surface area contributed by atoms with Gasteiger partial charge in [-0.3, -0.25) is 0 Å². The standard InChI is InChI=1S/C32H31NO3/c1-34-25-14-10-23(11-15-25)32(24-12-16-26(35-2)17-13-24)19-18-29-27-8-4-5-9-28(27)30(22-31(29)36-32)33-20-6-3-7-21-33/h4-5,8-19,22H,3,6-7,20-21H2,1-2H3. The smallest absolute Gasteiger partial charge is 0.178 e. The number of ether oxygens (including phenoxy) is 3. The molecule has 4 nitrogen and oxygen atoms in total. The van der Waals surface area contributed by atoms with E-state index in [1.54, 1.807) is 14.2 Å². The highest BCUT2D eigenvalue weighted by atomic mass is 16.5. The molecule has 0 saturated carbocycles. The number of nitrogens with zero attached hydrogens (tertiary/aromatic N) is 1. The van der Waals surface area contributed by atoms with E-state index < -0.39 is 5.60 Å². The second-order valence-corrected chi connectivity index (χ2v) is 9.53. The van der Waals surface area contributed by atoms with Crippen molar-refractivity contribution in [2.24, 2.45) is 0 Å². The molecule has 0 aromatic heterocycles. The molecule has 0 bridgehead atoms. The van der Waals surface area contributed by atoms with Crippen LogP contribution in [0.1, 0.15) is 36.0 Å². The highest BCUT2D eigenvalue weighted by Gasteiger charge is 2.38. The number of benzene rings is 4. The lowest BCUT2D eigenvalue weighted by Crippen LogP contribution is -2.35. The third-order valence-corrected chi connectivity index (χ3v) is 7.52. The van der Waals surface area contributed by atoms with Crippen LogP contribution in [0.4, 0.5) is 5.69 Å². The van der Waals surface area contributed by atoms with Crippen LogP contribution in [0, 0.1) is 0 Å². The molecule has 4 aromatic carbocycles. The zero-order valence-corrected chi connectivity index (χ0v) is 20.9. The Bertz CT molecular complexity index is 1350. The van der Waals surface area contributed by atoms with Crippen LogP contribution in [0.5, 0.6) is 17.2 Å². The van der Waals surface area contributed by atoms with Crippen LogP contribution in [0.15, 0.2) is 84.9 Å². The summed E-state index contributed by atoms with van der Waals surface area (Å²) < 4.78 is 17.9. The first-order valence-electron chi connectivity index (χ1n) is 12.7. The summed E-state index contributed by atoms with van der Waals surface area (Å²) in [6.45, 7) is 2.17. The molecule has 4 heteroatoms. The van der Waals surface area contributed by atoms with E-state index in [0.717, 1.165) is 47.0 Å². The predicted octanol–water partition coefficient (Wildman–Crippen LogP) is 7.20. The topological polar surface area (TPSA) is 30.9 Å². The molecule has 4 aromatic rings. The van der Waals surface area contributed by atoms with E-state index in [1.807, 2.05) is 24.3 Å². The number of fused-ring (bicyclic) bond motifs is 3. The van der Waals surface area contributed by atoms with Crippen LogP contribution in [-0.2, 0) is 5.60 Å². The molecule has 0 aliphatic carbocycles. The number of piperidine rings is 1. The number of hydrogen-bond acceptors (Lipinski definition) is 4. The van der Waals surface area contributed by atoms with Gasteiger partial charge in [0.15, 0.2) is 5.60 Å². The summed E-state index contributed by atoms with van der Waals surface area (Å²) in [5, 5.41) is 2.51. The molecule has 0 amide bonds. The maximum Gasteiger partial charge on any atom is 0.178 e. The van der Waals surface area contributed by atoms with Crippen molar-refractivity contribution < 1.29 is 14.2 Å². The molecule has 36 heavy (non-hydrogen) atoms. The van der Waals surface area contributed by atoms with Gasteiger partial charge in [-0.05, 0) is 61.1 Å². The molecule has 0 N–H and O–H groups in total. The van der Waals surface area contributed by atoms with E-state index in [0.29, 0.717) is 0 Å². The lowest BCUT2D eigenvalue weighted by atomic mass is 9.83. The quantitative estimate of drug-likeness (QED) is 0.304. The lowest BCUT2D eigenvalue weighted by Gasteiger charge is -2.38. The van der Waals surface area contributed by atoms with Gasteiger partial charge in [0.1, 0.15) is 17.2 Å². The molecular formula is C32H31NO3. The van der Waals surface area contributed by atoms with Crippen molar-refractivity contribution in [1.29, 1.82) is 0 Å². The minimum atomic E-state index is -0.771. The highest BCUT2D eigenvalue weighted by molar-refractivity contribution is 6.02. The van der Waals surface area contributed by atoms with E-state index in [9.17, 15) is 0 Å². The molecule has 2 aliphatic heterocycles.